The summed E-state index contributed by atoms with van der Waals surface area (Å²) in [5.74, 6) is 1.85. The standard InChI is InChI=1S/C15H27N3O2/c1-15(2)8-6-11(7-9-15)13-17-14(20-18-13)12(16)5-4-10-19-3/h11-12H,4-10,16H2,1-3H3. The van der Waals surface area contributed by atoms with Gasteiger partial charge in [-0.3, -0.25) is 0 Å². The molecule has 1 atom stereocenters. The van der Waals surface area contributed by atoms with E-state index in [1.165, 1.54) is 12.8 Å². The highest BCUT2D eigenvalue weighted by atomic mass is 16.5. The monoisotopic (exact) mass is 281 g/mol. The second-order valence-electron chi connectivity index (χ2n) is 6.67. The van der Waals surface area contributed by atoms with Gasteiger partial charge in [0.1, 0.15) is 0 Å². The third-order valence-corrected chi connectivity index (χ3v) is 4.34. The first-order valence-electron chi connectivity index (χ1n) is 7.60. The van der Waals surface area contributed by atoms with E-state index >= 15 is 0 Å². The van der Waals surface area contributed by atoms with Crippen molar-refractivity contribution < 1.29 is 9.26 Å². The van der Waals surface area contributed by atoms with Crippen molar-refractivity contribution in [2.45, 2.75) is 64.3 Å². The molecule has 1 aromatic heterocycles. The molecule has 1 aliphatic rings. The maximum absolute atomic E-state index is 6.07. The molecular weight excluding hydrogens is 254 g/mol. The molecule has 0 radical (unpaired) electrons. The van der Waals surface area contributed by atoms with Crippen LogP contribution in [0.1, 0.15) is 76.0 Å². The van der Waals surface area contributed by atoms with E-state index in [2.05, 4.69) is 24.0 Å². The van der Waals surface area contributed by atoms with E-state index in [9.17, 15) is 0 Å². The van der Waals surface area contributed by atoms with Gasteiger partial charge in [-0.15, -0.1) is 0 Å². The fourth-order valence-corrected chi connectivity index (χ4v) is 2.79. The van der Waals surface area contributed by atoms with Crippen LogP contribution in [0.5, 0.6) is 0 Å². The molecule has 20 heavy (non-hydrogen) atoms. The van der Waals surface area contributed by atoms with Gasteiger partial charge in [0.15, 0.2) is 5.82 Å². The summed E-state index contributed by atoms with van der Waals surface area (Å²) in [5.41, 5.74) is 6.53. The molecule has 0 aliphatic heterocycles. The smallest absolute Gasteiger partial charge is 0.243 e. The van der Waals surface area contributed by atoms with Gasteiger partial charge in [0.2, 0.25) is 5.89 Å². The number of methoxy groups -OCH3 is 1. The minimum Gasteiger partial charge on any atom is -0.385 e. The van der Waals surface area contributed by atoms with Gasteiger partial charge in [0.25, 0.3) is 0 Å². The van der Waals surface area contributed by atoms with E-state index in [1.807, 2.05) is 0 Å². The zero-order chi connectivity index (χ0) is 14.6. The normalized spacial score (nSPS) is 21.0. The zero-order valence-corrected chi connectivity index (χ0v) is 12.9. The Hall–Kier alpha value is -0.940. The number of nitrogens with zero attached hydrogens (tertiary/aromatic N) is 2. The molecule has 2 rings (SSSR count). The van der Waals surface area contributed by atoms with Crippen LogP contribution in [-0.4, -0.2) is 23.9 Å². The number of aromatic nitrogens is 2. The molecule has 0 aromatic carbocycles. The zero-order valence-electron chi connectivity index (χ0n) is 12.9. The predicted octanol–water partition coefficient (Wildman–Crippen LogP) is 3.18. The van der Waals surface area contributed by atoms with Crippen LogP contribution < -0.4 is 5.73 Å². The number of nitrogens with two attached hydrogens (primary N) is 1. The highest BCUT2D eigenvalue weighted by Gasteiger charge is 2.30. The van der Waals surface area contributed by atoms with Crippen molar-refractivity contribution in [1.82, 2.24) is 10.1 Å². The summed E-state index contributed by atoms with van der Waals surface area (Å²) >= 11 is 0. The molecule has 0 spiro atoms. The lowest BCUT2D eigenvalue weighted by molar-refractivity contribution is 0.188. The Labute approximate surface area is 121 Å². The first kappa shape index (κ1) is 15.4. The summed E-state index contributed by atoms with van der Waals surface area (Å²) in [5, 5.41) is 4.14. The van der Waals surface area contributed by atoms with Crippen molar-refractivity contribution in [3.63, 3.8) is 0 Å². The van der Waals surface area contributed by atoms with Crippen molar-refractivity contribution >= 4 is 0 Å². The summed E-state index contributed by atoms with van der Waals surface area (Å²) < 4.78 is 10.4. The van der Waals surface area contributed by atoms with Gasteiger partial charge in [0, 0.05) is 19.6 Å². The molecule has 1 aromatic rings. The summed E-state index contributed by atoms with van der Waals surface area (Å²) in [4.78, 5) is 4.52. The molecular formula is C15H27N3O2. The van der Waals surface area contributed by atoms with Gasteiger partial charge in [-0.1, -0.05) is 19.0 Å². The SMILES string of the molecule is COCCCC(N)c1nc(C2CCC(C)(C)CC2)no1. The van der Waals surface area contributed by atoms with Gasteiger partial charge in [-0.2, -0.15) is 4.98 Å². The third kappa shape index (κ3) is 4.03. The van der Waals surface area contributed by atoms with Gasteiger partial charge in [-0.05, 0) is 43.9 Å². The largest absolute Gasteiger partial charge is 0.385 e. The lowest BCUT2D eigenvalue weighted by atomic mass is 9.73. The van der Waals surface area contributed by atoms with Gasteiger partial charge < -0.3 is 15.0 Å². The Morgan fingerprint density at radius 2 is 2.10 bits per heavy atom. The topological polar surface area (TPSA) is 74.2 Å². The van der Waals surface area contributed by atoms with Crippen molar-refractivity contribution in [2.24, 2.45) is 11.1 Å². The average molecular weight is 281 g/mol. The van der Waals surface area contributed by atoms with Crippen LogP contribution in [0.2, 0.25) is 0 Å². The maximum atomic E-state index is 6.07. The lowest BCUT2D eigenvalue weighted by Gasteiger charge is -2.32. The highest BCUT2D eigenvalue weighted by molar-refractivity contribution is 5.00. The van der Waals surface area contributed by atoms with E-state index < -0.39 is 0 Å². The first-order valence-corrected chi connectivity index (χ1v) is 7.60. The number of rotatable bonds is 6. The fourth-order valence-electron chi connectivity index (χ4n) is 2.79. The second-order valence-corrected chi connectivity index (χ2v) is 6.67. The second kappa shape index (κ2) is 6.68. The Bertz CT molecular complexity index is 407. The Morgan fingerprint density at radius 1 is 1.40 bits per heavy atom. The number of ether oxygens (including phenoxy) is 1. The predicted molar refractivity (Wildman–Crippen MR) is 77.3 cm³/mol. The van der Waals surface area contributed by atoms with E-state index in [1.54, 1.807) is 7.11 Å². The fraction of sp³-hybridized carbons (Fsp3) is 0.867. The summed E-state index contributed by atoms with van der Waals surface area (Å²) in [6, 6.07) is -0.175. The highest BCUT2D eigenvalue weighted by Crippen LogP contribution is 2.41. The quantitative estimate of drug-likeness (QED) is 0.811. The van der Waals surface area contributed by atoms with E-state index in [0.717, 1.165) is 31.5 Å². The Balaban J connectivity index is 1.89. The maximum Gasteiger partial charge on any atom is 0.243 e. The van der Waals surface area contributed by atoms with Crippen molar-refractivity contribution in [2.75, 3.05) is 13.7 Å². The number of hydrogen-bond donors (Lipinski definition) is 1. The van der Waals surface area contributed by atoms with E-state index in [4.69, 9.17) is 15.0 Å². The molecule has 0 amide bonds. The van der Waals surface area contributed by atoms with E-state index in [0.29, 0.717) is 23.8 Å². The molecule has 1 heterocycles. The van der Waals surface area contributed by atoms with Crippen molar-refractivity contribution in [1.29, 1.82) is 0 Å². The number of hydrogen-bond acceptors (Lipinski definition) is 5. The minimum atomic E-state index is -0.175. The van der Waals surface area contributed by atoms with Crippen LogP contribution in [0.3, 0.4) is 0 Å². The Kier molecular flexibility index (Phi) is 5.16. The minimum absolute atomic E-state index is 0.175. The van der Waals surface area contributed by atoms with Crippen LogP contribution in [0.15, 0.2) is 4.52 Å². The van der Waals surface area contributed by atoms with Crippen molar-refractivity contribution in [3.05, 3.63) is 11.7 Å². The van der Waals surface area contributed by atoms with Crippen LogP contribution in [0, 0.1) is 5.41 Å². The van der Waals surface area contributed by atoms with Gasteiger partial charge in [-0.25, -0.2) is 0 Å². The molecule has 1 aliphatic carbocycles. The molecule has 1 saturated carbocycles. The first-order chi connectivity index (χ1) is 9.52. The van der Waals surface area contributed by atoms with Crippen LogP contribution in [0.25, 0.3) is 0 Å². The van der Waals surface area contributed by atoms with Crippen LogP contribution >= 0.6 is 0 Å². The van der Waals surface area contributed by atoms with Gasteiger partial charge >= 0.3 is 0 Å². The molecule has 1 unspecified atom stereocenters. The van der Waals surface area contributed by atoms with Crippen LogP contribution in [0.4, 0.5) is 0 Å². The Morgan fingerprint density at radius 3 is 2.75 bits per heavy atom. The van der Waals surface area contributed by atoms with E-state index in [-0.39, 0.29) is 6.04 Å². The molecule has 0 bridgehead atoms. The third-order valence-electron chi connectivity index (χ3n) is 4.34. The van der Waals surface area contributed by atoms with Crippen LogP contribution in [-0.2, 0) is 4.74 Å². The average Bonchev–Trinajstić information content (AvgIpc) is 2.88. The molecule has 114 valence electrons. The lowest BCUT2D eigenvalue weighted by Crippen LogP contribution is -2.21. The van der Waals surface area contributed by atoms with Gasteiger partial charge in [0.05, 0.1) is 6.04 Å². The summed E-state index contributed by atoms with van der Waals surface area (Å²) in [6.07, 6.45) is 6.46. The molecule has 5 nitrogen and oxygen atoms in total. The molecule has 1 fully saturated rings. The summed E-state index contributed by atoms with van der Waals surface area (Å²) in [7, 11) is 1.70. The summed E-state index contributed by atoms with van der Waals surface area (Å²) in [6.45, 7) is 5.37. The molecule has 0 saturated heterocycles. The molecule has 2 N–H and O–H groups in total. The molecule has 5 heteroatoms. The van der Waals surface area contributed by atoms with Crippen molar-refractivity contribution in [3.8, 4) is 0 Å².